The number of anilines is 1. The van der Waals surface area contributed by atoms with Gasteiger partial charge in [0, 0.05) is 55.8 Å². The van der Waals surface area contributed by atoms with Gasteiger partial charge in [0.05, 0.1) is 7.11 Å². The standard InChI is InChI=1S/C23H27N3O4/c1-30-19-10-8-18(9-11-19)24-21(27)5-3-6-22(28)25-13-16-12-17(15-25)20-4-2-7-23(29)26(20)14-16/h2,4,7-11,16-17H,3,5-6,12-15H2,1H3,(H,24,27). The van der Waals surface area contributed by atoms with Gasteiger partial charge in [-0.3, -0.25) is 14.4 Å². The van der Waals surface area contributed by atoms with Gasteiger partial charge in [0.2, 0.25) is 11.8 Å². The van der Waals surface area contributed by atoms with Crippen LogP contribution in [0.25, 0.3) is 0 Å². The summed E-state index contributed by atoms with van der Waals surface area (Å²) < 4.78 is 6.97. The van der Waals surface area contributed by atoms with E-state index in [-0.39, 0.29) is 23.3 Å². The molecule has 2 bridgehead atoms. The maximum absolute atomic E-state index is 12.7. The second kappa shape index (κ2) is 8.73. The summed E-state index contributed by atoms with van der Waals surface area (Å²) in [6, 6.07) is 12.6. The summed E-state index contributed by atoms with van der Waals surface area (Å²) in [4.78, 5) is 38.9. The van der Waals surface area contributed by atoms with Gasteiger partial charge in [-0.1, -0.05) is 6.07 Å². The van der Waals surface area contributed by atoms with Gasteiger partial charge in [0.25, 0.3) is 5.56 Å². The molecule has 2 aromatic rings. The molecular weight excluding hydrogens is 382 g/mol. The highest BCUT2D eigenvalue weighted by molar-refractivity contribution is 5.91. The summed E-state index contributed by atoms with van der Waals surface area (Å²) in [6.07, 6.45) is 2.20. The lowest BCUT2D eigenvalue weighted by Crippen LogP contribution is -2.49. The van der Waals surface area contributed by atoms with Crippen LogP contribution >= 0.6 is 0 Å². The Morgan fingerprint density at radius 3 is 2.63 bits per heavy atom. The molecule has 2 amide bonds. The normalized spacial score (nSPS) is 19.7. The zero-order chi connectivity index (χ0) is 21.1. The summed E-state index contributed by atoms with van der Waals surface area (Å²) in [5, 5.41) is 2.84. The molecule has 0 aliphatic carbocycles. The van der Waals surface area contributed by atoms with E-state index in [0.717, 1.165) is 17.9 Å². The largest absolute Gasteiger partial charge is 0.497 e. The van der Waals surface area contributed by atoms with Gasteiger partial charge in [-0.2, -0.15) is 0 Å². The number of aromatic nitrogens is 1. The number of hydrogen-bond donors (Lipinski definition) is 1. The van der Waals surface area contributed by atoms with Gasteiger partial charge >= 0.3 is 0 Å². The minimum Gasteiger partial charge on any atom is -0.497 e. The molecule has 1 fully saturated rings. The predicted molar refractivity (Wildman–Crippen MR) is 114 cm³/mol. The highest BCUT2D eigenvalue weighted by Crippen LogP contribution is 2.35. The average molecular weight is 409 g/mol. The van der Waals surface area contributed by atoms with Crippen molar-refractivity contribution in [2.24, 2.45) is 5.92 Å². The van der Waals surface area contributed by atoms with E-state index in [2.05, 4.69) is 5.32 Å². The van der Waals surface area contributed by atoms with E-state index in [1.54, 1.807) is 43.5 Å². The molecule has 1 aromatic heterocycles. The molecule has 2 aliphatic heterocycles. The van der Waals surface area contributed by atoms with Crippen molar-refractivity contribution < 1.29 is 14.3 Å². The summed E-state index contributed by atoms with van der Waals surface area (Å²) in [5.74, 6) is 1.26. The van der Waals surface area contributed by atoms with Crippen molar-refractivity contribution in [2.75, 3.05) is 25.5 Å². The van der Waals surface area contributed by atoms with Gasteiger partial charge < -0.3 is 19.5 Å². The molecule has 7 heteroatoms. The van der Waals surface area contributed by atoms with Gasteiger partial charge in [0.15, 0.2) is 0 Å². The fourth-order valence-corrected chi connectivity index (χ4v) is 4.56. The number of likely N-dealkylation sites (tertiary alicyclic amines) is 1. The first-order valence-electron chi connectivity index (χ1n) is 10.4. The number of carbonyl (C=O) groups is 2. The molecule has 2 atom stereocenters. The summed E-state index contributed by atoms with van der Waals surface area (Å²) in [5.41, 5.74) is 1.80. The van der Waals surface area contributed by atoms with Gasteiger partial charge in [0.1, 0.15) is 5.75 Å². The van der Waals surface area contributed by atoms with Crippen LogP contribution in [0.3, 0.4) is 0 Å². The summed E-state index contributed by atoms with van der Waals surface area (Å²) >= 11 is 0. The van der Waals surface area contributed by atoms with Crippen LogP contribution in [0, 0.1) is 5.92 Å². The van der Waals surface area contributed by atoms with Gasteiger partial charge in [-0.05, 0) is 49.1 Å². The Labute approximate surface area is 175 Å². The minimum atomic E-state index is -0.100. The number of amides is 2. The molecule has 7 nitrogen and oxygen atoms in total. The fraction of sp³-hybridized carbons (Fsp3) is 0.435. The third-order valence-corrected chi connectivity index (χ3v) is 6.00. The summed E-state index contributed by atoms with van der Waals surface area (Å²) in [7, 11) is 1.60. The van der Waals surface area contributed by atoms with E-state index in [9.17, 15) is 14.4 Å². The van der Waals surface area contributed by atoms with Crippen LogP contribution in [0.1, 0.15) is 37.3 Å². The number of carbonyl (C=O) groups excluding carboxylic acids is 2. The van der Waals surface area contributed by atoms with Gasteiger partial charge in [-0.25, -0.2) is 0 Å². The first-order chi connectivity index (χ1) is 14.5. The van der Waals surface area contributed by atoms with E-state index in [4.69, 9.17) is 4.74 Å². The molecule has 158 valence electrons. The average Bonchev–Trinajstić information content (AvgIpc) is 2.75. The number of hydrogen-bond acceptors (Lipinski definition) is 4. The molecule has 0 spiro atoms. The lowest BCUT2D eigenvalue weighted by Gasteiger charge is -2.42. The number of rotatable bonds is 6. The van der Waals surface area contributed by atoms with Crippen LogP contribution in [0.5, 0.6) is 5.75 Å². The smallest absolute Gasteiger partial charge is 0.250 e. The van der Waals surface area contributed by atoms with Crippen molar-refractivity contribution in [3.8, 4) is 5.75 Å². The Morgan fingerprint density at radius 1 is 1.07 bits per heavy atom. The molecule has 2 aliphatic rings. The van der Waals surface area contributed by atoms with E-state index in [1.807, 2.05) is 15.5 Å². The fourth-order valence-electron chi connectivity index (χ4n) is 4.56. The number of pyridine rings is 1. The van der Waals surface area contributed by atoms with Crippen LogP contribution in [-0.4, -0.2) is 41.5 Å². The van der Waals surface area contributed by atoms with E-state index < -0.39 is 0 Å². The molecule has 3 heterocycles. The number of piperidine rings is 1. The molecule has 0 saturated carbocycles. The first-order valence-corrected chi connectivity index (χ1v) is 10.4. The molecule has 1 aromatic carbocycles. The second-order valence-electron chi connectivity index (χ2n) is 8.13. The maximum Gasteiger partial charge on any atom is 0.250 e. The van der Waals surface area contributed by atoms with Crippen LogP contribution < -0.4 is 15.6 Å². The molecule has 1 N–H and O–H groups in total. The SMILES string of the molecule is COc1ccc(NC(=O)CCCC(=O)N2CC3CC(C2)c2cccc(=O)n2C3)cc1. The minimum absolute atomic E-state index is 0.0462. The first kappa shape index (κ1) is 20.2. The zero-order valence-corrected chi connectivity index (χ0v) is 17.2. The number of nitrogens with zero attached hydrogens (tertiary/aromatic N) is 2. The topological polar surface area (TPSA) is 80.6 Å². The zero-order valence-electron chi connectivity index (χ0n) is 17.2. The summed E-state index contributed by atoms with van der Waals surface area (Å²) in [6.45, 7) is 2.02. The monoisotopic (exact) mass is 409 g/mol. The maximum atomic E-state index is 12.7. The van der Waals surface area contributed by atoms with Crippen LogP contribution in [-0.2, 0) is 16.1 Å². The van der Waals surface area contributed by atoms with Crippen LogP contribution in [0.4, 0.5) is 5.69 Å². The second-order valence-corrected chi connectivity index (χ2v) is 8.13. The number of methoxy groups -OCH3 is 1. The highest BCUT2D eigenvalue weighted by atomic mass is 16.5. The van der Waals surface area contributed by atoms with Crippen molar-refractivity contribution in [2.45, 2.75) is 38.1 Å². The third-order valence-electron chi connectivity index (χ3n) is 6.00. The van der Waals surface area contributed by atoms with Crippen molar-refractivity contribution in [3.63, 3.8) is 0 Å². The van der Waals surface area contributed by atoms with E-state index >= 15 is 0 Å². The number of benzene rings is 1. The Bertz CT molecular complexity index is 983. The van der Waals surface area contributed by atoms with Crippen molar-refractivity contribution in [1.29, 1.82) is 0 Å². The Kier molecular flexibility index (Phi) is 5.88. The van der Waals surface area contributed by atoms with Crippen LogP contribution in [0.2, 0.25) is 0 Å². The van der Waals surface area contributed by atoms with E-state index in [0.29, 0.717) is 50.5 Å². The van der Waals surface area contributed by atoms with Crippen molar-refractivity contribution >= 4 is 17.5 Å². The number of nitrogens with one attached hydrogen (secondary N) is 1. The van der Waals surface area contributed by atoms with Crippen molar-refractivity contribution in [3.05, 3.63) is 58.5 Å². The number of fused-ring (bicyclic) bond motifs is 4. The molecule has 0 radical (unpaired) electrons. The van der Waals surface area contributed by atoms with Crippen molar-refractivity contribution in [1.82, 2.24) is 9.47 Å². The quantitative estimate of drug-likeness (QED) is 0.795. The molecule has 2 unspecified atom stereocenters. The third kappa shape index (κ3) is 4.40. The molecular formula is C23H27N3O4. The Morgan fingerprint density at radius 2 is 1.87 bits per heavy atom. The van der Waals surface area contributed by atoms with Crippen LogP contribution in [0.15, 0.2) is 47.3 Å². The lowest BCUT2D eigenvalue weighted by molar-refractivity contribution is -0.134. The molecule has 1 saturated heterocycles. The Hall–Kier alpha value is -3.09. The molecule has 4 rings (SSSR count). The van der Waals surface area contributed by atoms with Gasteiger partial charge in [-0.15, -0.1) is 0 Å². The predicted octanol–water partition coefficient (Wildman–Crippen LogP) is 2.61. The lowest BCUT2D eigenvalue weighted by atomic mass is 9.83. The molecule has 30 heavy (non-hydrogen) atoms. The number of ether oxygens (including phenoxy) is 1. The highest BCUT2D eigenvalue weighted by Gasteiger charge is 2.35. The van der Waals surface area contributed by atoms with E-state index in [1.165, 1.54) is 0 Å². The Balaban J connectivity index is 1.27.